The van der Waals surface area contributed by atoms with Crippen LogP contribution >= 0.6 is 0 Å². The van der Waals surface area contributed by atoms with Gasteiger partial charge in [0.15, 0.2) is 6.54 Å². The van der Waals surface area contributed by atoms with Gasteiger partial charge in [0.25, 0.3) is 0 Å². The molecule has 0 radical (unpaired) electrons. The molecule has 3 unspecified atom stereocenters. The van der Waals surface area contributed by atoms with Crippen molar-refractivity contribution in [2.75, 3.05) is 39.6 Å². The van der Waals surface area contributed by atoms with Gasteiger partial charge in [0, 0.05) is 56.2 Å². The molecule has 55 heavy (non-hydrogen) atoms. The largest absolute Gasteiger partial charge is 0.379 e. The Balaban J connectivity index is 1.42. The molecule has 3 heterocycles. The normalized spacial score (nSPS) is 14.1. The lowest BCUT2D eigenvalue weighted by Crippen LogP contribution is -2.39. The van der Waals surface area contributed by atoms with Crippen molar-refractivity contribution >= 4 is 43.9 Å². The van der Waals surface area contributed by atoms with E-state index >= 15 is 0 Å². The average molecular weight is 751 g/mol. The monoisotopic (exact) mass is 751 g/mol. The van der Waals surface area contributed by atoms with Gasteiger partial charge in [-0.2, -0.15) is 4.57 Å². The van der Waals surface area contributed by atoms with Crippen LogP contribution in [0.4, 0.5) is 0 Å². The molecule has 300 valence electrons. The fourth-order valence-corrected chi connectivity index (χ4v) is 9.10. The van der Waals surface area contributed by atoms with E-state index in [9.17, 15) is 0 Å². The standard InChI is InChI=1S/C49H72N3O3/c1-7-13-19-37(10-4)34-53-31-28-50-40-22-16-24-42-46(40)49-47-41(50)23-17-25-43(47)52(30-33-55-36-39(12-6)21-15-9-3)45-27-18-26-44(48(45)49)51(42)29-32-54-35-38(11-5)20-14-8-2/h16-18,22-27,37-39H,7-15,19-21,28-36H2,1-6H3/q+1. The summed E-state index contributed by atoms with van der Waals surface area (Å²) in [4.78, 5) is 0. The number of hydrogen-bond donors (Lipinski definition) is 0. The highest BCUT2D eigenvalue weighted by molar-refractivity contribution is 6.24. The second-order valence-electron chi connectivity index (χ2n) is 16.3. The van der Waals surface area contributed by atoms with Crippen molar-refractivity contribution in [1.29, 1.82) is 0 Å². The number of unbranched alkanes of at least 4 members (excludes halogenated alkanes) is 3. The van der Waals surface area contributed by atoms with Crippen molar-refractivity contribution < 1.29 is 18.8 Å². The van der Waals surface area contributed by atoms with Gasteiger partial charge in [-0.05, 0) is 61.3 Å². The summed E-state index contributed by atoms with van der Waals surface area (Å²) in [5.74, 6) is 1.90. The molecule has 6 nitrogen and oxygen atoms in total. The van der Waals surface area contributed by atoms with Gasteiger partial charge < -0.3 is 23.3 Å². The summed E-state index contributed by atoms with van der Waals surface area (Å²) < 4.78 is 27.1. The van der Waals surface area contributed by atoms with E-state index in [-0.39, 0.29) is 0 Å². The first-order chi connectivity index (χ1) is 27.1. The SMILES string of the molecule is CCCCC(CC)COCCn1c2cccc3c2-c2c4c1cccc4[n+](CCOCC(CC)CCCC)c1cccc(c21)n3CCOCC(CC)CCCC. The molecule has 0 amide bonds. The Labute approximate surface area is 332 Å². The van der Waals surface area contributed by atoms with Crippen LogP contribution in [0.2, 0.25) is 0 Å². The Bertz CT molecular complexity index is 1870. The van der Waals surface area contributed by atoms with E-state index < -0.39 is 0 Å². The number of hydrogen-bond acceptors (Lipinski definition) is 3. The highest BCUT2D eigenvalue weighted by atomic mass is 16.5. The third kappa shape index (κ3) is 9.35. The summed E-state index contributed by atoms with van der Waals surface area (Å²) in [6.45, 7) is 20.9. The van der Waals surface area contributed by atoms with Gasteiger partial charge in [-0.3, -0.25) is 0 Å². The van der Waals surface area contributed by atoms with E-state index in [1.807, 2.05) is 0 Å². The molecule has 1 aromatic heterocycles. The minimum atomic E-state index is 0.634. The molecule has 3 atom stereocenters. The van der Waals surface area contributed by atoms with Crippen LogP contribution in [-0.2, 0) is 33.8 Å². The number of nitrogens with zero attached hydrogens (tertiary/aromatic N) is 3. The van der Waals surface area contributed by atoms with Crippen LogP contribution in [-0.4, -0.2) is 48.8 Å². The van der Waals surface area contributed by atoms with E-state index in [1.165, 1.54) is 132 Å². The molecule has 0 spiro atoms. The molecule has 0 fully saturated rings. The smallest absolute Gasteiger partial charge is 0.215 e. The summed E-state index contributed by atoms with van der Waals surface area (Å²) in [5.41, 5.74) is 10.4. The Morgan fingerprint density at radius 2 is 0.891 bits per heavy atom. The molecule has 2 aliphatic rings. The molecular formula is C49H72N3O3+. The highest BCUT2D eigenvalue weighted by Crippen LogP contribution is 2.47. The minimum Gasteiger partial charge on any atom is -0.379 e. The van der Waals surface area contributed by atoms with Gasteiger partial charge in [0.05, 0.1) is 46.1 Å². The lowest BCUT2D eigenvalue weighted by atomic mass is 9.89. The van der Waals surface area contributed by atoms with Gasteiger partial charge in [-0.25, -0.2) is 0 Å². The molecule has 0 bridgehead atoms. The molecule has 0 saturated heterocycles. The van der Waals surface area contributed by atoms with E-state index in [2.05, 4.69) is 110 Å². The van der Waals surface area contributed by atoms with Crippen LogP contribution in [0.3, 0.4) is 0 Å². The van der Waals surface area contributed by atoms with E-state index in [4.69, 9.17) is 14.2 Å². The molecule has 3 aromatic carbocycles. The second-order valence-corrected chi connectivity index (χ2v) is 16.3. The zero-order valence-electron chi connectivity index (χ0n) is 35.3. The Morgan fingerprint density at radius 1 is 0.491 bits per heavy atom. The van der Waals surface area contributed by atoms with E-state index in [0.717, 1.165) is 39.5 Å². The van der Waals surface area contributed by atoms with Gasteiger partial charge in [0.2, 0.25) is 11.0 Å². The van der Waals surface area contributed by atoms with Gasteiger partial charge in [0.1, 0.15) is 6.61 Å². The predicted molar refractivity (Wildman–Crippen MR) is 233 cm³/mol. The number of aromatic nitrogens is 3. The van der Waals surface area contributed by atoms with Crippen molar-refractivity contribution in [2.24, 2.45) is 17.8 Å². The van der Waals surface area contributed by atoms with Crippen LogP contribution in [0.25, 0.3) is 55.0 Å². The van der Waals surface area contributed by atoms with E-state index in [1.54, 1.807) is 0 Å². The predicted octanol–water partition coefficient (Wildman–Crippen LogP) is 12.4. The summed E-state index contributed by atoms with van der Waals surface area (Å²) in [5, 5.41) is 2.70. The quantitative estimate of drug-likeness (QED) is 0.0228. The van der Waals surface area contributed by atoms with Crippen LogP contribution in [0.5, 0.6) is 0 Å². The van der Waals surface area contributed by atoms with Crippen molar-refractivity contribution in [1.82, 2.24) is 9.13 Å². The van der Waals surface area contributed by atoms with Crippen molar-refractivity contribution in [3.63, 3.8) is 0 Å². The Morgan fingerprint density at radius 3 is 1.31 bits per heavy atom. The number of ether oxygens (including phenoxy) is 3. The van der Waals surface area contributed by atoms with Crippen LogP contribution in [0, 0.1) is 17.8 Å². The summed E-state index contributed by atoms with van der Waals surface area (Å²) in [6, 6.07) is 20.8. The third-order valence-corrected chi connectivity index (χ3v) is 12.6. The van der Waals surface area contributed by atoms with Crippen molar-refractivity contribution in [2.45, 2.75) is 138 Å². The molecule has 0 N–H and O–H groups in total. The fourth-order valence-electron chi connectivity index (χ4n) is 9.10. The van der Waals surface area contributed by atoms with Crippen LogP contribution in [0.1, 0.15) is 119 Å². The number of pyridine rings is 3. The lowest BCUT2D eigenvalue weighted by molar-refractivity contribution is -0.647. The lowest BCUT2D eigenvalue weighted by Gasteiger charge is -2.28. The molecule has 6 rings (SSSR count). The maximum atomic E-state index is 6.49. The summed E-state index contributed by atoms with van der Waals surface area (Å²) >= 11 is 0. The third-order valence-electron chi connectivity index (χ3n) is 12.6. The van der Waals surface area contributed by atoms with Gasteiger partial charge in [-0.15, -0.1) is 0 Å². The molecular weight excluding hydrogens is 679 g/mol. The first-order valence-electron chi connectivity index (χ1n) is 22.4. The maximum Gasteiger partial charge on any atom is 0.215 e. The first-order valence-corrected chi connectivity index (χ1v) is 22.4. The average Bonchev–Trinajstić information content (AvgIpc) is 3.22. The fraction of sp³-hybridized carbons (Fsp3) is 0.612. The summed E-state index contributed by atoms with van der Waals surface area (Å²) in [6.07, 6.45) is 14.9. The number of benzene rings is 3. The maximum absolute atomic E-state index is 6.49. The van der Waals surface area contributed by atoms with Crippen molar-refractivity contribution in [3.8, 4) is 11.1 Å². The van der Waals surface area contributed by atoms with Crippen LogP contribution < -0.4 is 4.57 Å². The molecule has 0 aliphatic carbocycles. The first kappa shape index (κ1) is 41.4. The van der Waals surface area contributed by atoms with E-state index in [0.29, 0.717) is 37.6 Å². The zero-order valence-corrected chi connectivity index (χ0v) is 35.3. The number of rotatable bonds is 27. The molecule has 4 aromatic rings. The zero-order chi connectivity index (χ0) is 38.6. The molecule has 2 aliphatic heterocycles. The molecule has 6 heteroatoms. The summed E-state index contributed by atoms with van der Waals surface area (Å²) in [7, 11) is 0. The van der Waals surface area contributed by atoms with Gasteiger partial charge in [-0.1, -0.05) is 118 Å². The topological polar surface area (TPSA) is 41.4 Å². The van der Waals surface area contributed by atoms with Gasteiger partial charge >= 0.3 is 0 Å². The minimum absolute atomic E-state index is 0.634. The van der Waals surface area contributed by atoms with Crippen LogP contribution in [0.15, 0.2) is 54.6 Å². The highest BCUT2D eigenvalue weighted by Gasteiger charge is 2.31. The molecule has 0 saturated carbocycles. The Hall–Kier alpha value is -3.19. The van der Waals surface area contributed by atoms with Crippen molar-refractivity contribution in [3.05, 3.63) is 54.6 Å². The Kier molecular flexibility index (Phi) is 15.7. The second kappa shape index (κ2) is 20.8.